The molecular weight excluding hydrogens is 449 g/mol. The first-order valence-corrected chi connectivity index (χ1v) is 10.4. The van der Waals surface area contributed by atoms with E-state index >= 15 is 0 Å². The van der Waals surface area contributed by atoms with Crippen LogP contribution in [0.5, 0.6) is 0 Å². The van der Waals surface area contributed by atoms with Crippen molar-refractivity contribution in [1.29, 1.82) is 5.26 Å². The Morgan fingerprint density at radius 3 is 2.31 bits per heavy atom. The van der Waals surface area contributed by atoms with Crippen molar-refractivity contribution in [2.75, 3.05) is 5.01 Å². The molecule has 4 nitrogen and oxygen atoms in total. The minimum atomic E-state index is -0.667. The third kappa shape index (κ3) is 4.98. The van der Waals surface area contributed by atoms with Gasteiger partial charge in [-0.3, -0.25) is 4.79 Å². The molecule has 1 unspecified atom stereocenters. The molecule has 1 heterocycles. The summed E-state index contributed by atoms with van der Waals surface area (Å²) in [4.78, 5) is 12.9. The monoisotopic (exact) mass is 461 g/mol. The zero-order valence-corrected chi connectivity index (χ0v) is 18.2. The fraction of sp³-hybridized carbons (Fsp3) is 0.0952. The van der Waals surface area contributed by atoms with Gasteiger partial charge in [0.15, 0.2) is 0 Å². The minimum Gasteiger partial charge on any atom is -0.273 e. The largest absolute Gasteiger partial charge is 0.273 e. The standard InChI is InChI=1S/C21H14Cl3N3OS/c1-13(28)27(26-12-14-5-3-2-4-6-14)15-9-17(22)21(18(23)10-15)16(11-25)19-7-8-20(24)29-19/h2-10,12,16H,1H3. The number of amides is 1. The maximum absolute atomic E-state index is 12.1. The fourth-order valence-corrected chi connectivity index (χ4v) is 4.53. The van der Waals surface area contributed by atoms with E-state index in [4.69, 9.17) is 34.8 Å². The summed E-state index contributed by atoms with van der Waals surface area (Å²) in [5, 5.41) is 15.7. The lowest BCUT2D eigenvalue weighted by molar-refractivity contribution is -0.116. The zero-order valence-electron chi connectivity index (χ0n) is 15.1. The van der Waals surface area contributed by atoms with Crippen molar-refractivity contribution in [2.24, 2.45) is 5.10 Å². The molecule has 0 bridgehead atoms. The SMILES string of the molecule is CC(=O)N(N=Cc1ccccc1)c1cc(Cl)c(C(C#N)c2ccc(Cl)s2)c(Cl)c1. The molecule has 0 saturated carbocycles. The summed E-state index contributed by atoms with van der Waals surface area (Å²) in [6.07, 6.45) is 1.57. The van der Waals surface area contributed by atoms with Crippen molar-refractivity contribution in [3.05, 3.63) is 85.0 Å². The first kappa shape index (κ1) is 21.4. The Hall–Kier alpha value is -2.36. The van der Waals surface area contributed by atoms with Crippen molar-refractivity contribution in [1.82, 2.24) is 0 Å². The summed E-state index contributed by atoms with van der Waals surface area (Å²) < 4.78 is 0.571. The van der Waals surface area contributed by atoms with Crippen LogP contribution in [0.1, 0.15) is 28.8 Å². The van der Waals surface area contributed by atoms with E-state index in [1.807, 2.05) is 30.3 Å². The lowest BCUT2D eigenvalue weighted by atomic mass is 9.98. The summed E-state index contributed by atoms with van der Waals surface area (Å²) in [6, 6.07) is 18.2. The second-order valence-electron chi connectivity index (χ2n) is 6.01. The lowest BCUT2D eigenvalue weighted by Gasteiger charge is -2.19. The number of rotatable bonds is 5. The van der Waals surface area contributed by atoms with Gasteiger partial charge in [0.25, 0.3) is 0 Å². The molecular formula is C21H14Cl3N3OS. The van der Waals surface area contributed by atoms with E-state index in [0.29, 0.717) is 15.6 Å². The van der Waals surface area contributed by atoms with Crippen LogP contribution in [0.25, 0.3) is 0 Å². The van der Waals surface area contributed by atoms with Crippen LogP contribution < -0.4 is 5.01 Å². The molecule has 146 valence electrons. The summed E-state index contributed by atoms with van der Waals surface area (Å²) >= 11 is 20.2. The first-order chi connectivity index (χ1) is 13.9. The molecule has 0 aliphatic rings. The highest BCUT2D eigenvalue weighted by Gasteiger charge is 2.24. The maximum atomic E-state index is 12.1. The van der Waals surface area contributed by atoms with Gasteiger partial charge in [0.2, 0.25) is 5.91 Å². The Morgan fingerprint density at radius 1 is 1.14 bits per heavy atom. The molecule has 0 fully saturated rings. The van der Waals surface area contributed by atoms with Crippen LogP contribution in [-0.2, 0) is 4.79 Å². The molecule has 3 aromatic rings. The highest BCUT2D eigenvalue weighted by molar-refractivity contribution is 7.16. The number of nitrogens with zero attached hydrogens (tertiary/aromatic N) is 3. The van der Waals surface area contributed by atoms with Gasteiger partial charge in [-0.15, -0.1) is 11.3 Å². The normalized spacial score (nSPS) is 12.0. The van der Waals surface area contributed by atoms with Crippen LogP contribution in [0.15, 0.2) is 59.7 Å². The number of anilines is 1. The number of nitriles is 1. The van der Waals surface area contributed by atoms with Crippen LogP contribution in [0.2, 0.25) is 14.4 Å². The molecule has 0 radical (unpaired) electrons. The Kier molecular flexibility index (Phi) is 6.94. The molecule has 8 heteroatoms. The molecule has 1 amide bonds. The summed E-state index contributed by atoms with van der Waals surface area (Å²) in [5.41, 5.74) is 1.71. The first-order valence-electron chi connectivity index (χ1n) is 8.44. The smallest absolute Gasteiger partial charge is 0.244 e. The van der Waals surface area contributed by atoms with E-state index < -0.39 is 5.92 Å². The molecule has 0 aliphatic carbocycles. The highest BCUT2D eigenvalue weighted by atomic mass is 35.5. The van der Waals surface area contributed by atoms with Gasteiger partial charge < -0.3 is 0 Å². The number of hydrazone groups is 1. The van der Waals surface area contributed by atoms with Crippen LogP contribution in [0.3, 0.4) is 0 Å². The average Bonchev–Trinajstić information content (AvgIpc) is 3.11. The number of thiophene rings is 1. The van der Waals surface area contributed by atoms with Gasteiger partial charge in [-0.2, -0.15) is 10.4 Å². The van der Waals surface area contributed by atoms with E-state index in [1.54, 1.807) is 30.5 Å². The molecule has 0 aliphatic heterocycles. The number of carbonyl (C=O) groups excluding carboxylic acids is 1. The molecule has 29 heavy (non-hydrogen) atoms. The summed E-state index contributed by atoms with van der Waals surface area (Å²) in [7, 11) is 0. The molecule has 0 saturated heterocycles. The van der Waals surface area contributed by atoms with Crippen molar-refractivity contribution < 1.29 is 4.79 Å². The van der Waals surface area contributed by atoms with Crippen LogP contribution in [0, 0.1) is 11.3 Å². The van der Waals surface area contributed by atoms with E-state index in [9.17, 15) is 10.1 Å². The average molecular weight is 463 g/mol. The van der Waals surface area contributed by atoms with Gasteiger partial charge in [-0.05, 0) is 29.8 Å². The van der Waals surface area contributed by atoms with E-state index in [-0.39, 0.29) is 16.0 Å². The predicted molar refractivity (Wildman–Crippen MR) is 120 cm³/mol. The van der Waals surface area contributed by atoms with Crippen LogP contribution in [-0.4, -0.2) is 12.1 Å². The Bertz CT molecular complexity index is 1080. The second-order valence-corrected chi connectivity index (χ2v) is 8.57. The third-order valence-corrected chi connectivity index (χ3v) is 5.95. The molecule has 0 N–H and O–H groups in total. The molecule has 1 atom stereocenters. The second kappa shape index (κ2) is 9.43. The van der Waals surface area contributed by atoms with Crippen molar-refractivity contribution >= 4 is 63.9 Å². The Balaban J connectivity index is 1.99. The molecule has 3 rings (SSSR count). The number of carbonyl (C=O) groups is 1. The fourth-order valence-electron chi connectivity index (χ4n) is 2.72. The summed E-state index contributed by atoms with van der Waals surface area (Å²) in [5.74, 6) is -0.973. The number of hydrogen-bond donors (Lipinski definition) is 0. The topological polar surface area (TPSA) is 56.5 Å². The molecule has 1 aromatic heterocycles. The predicted octanol–water partition coefficient (Wildman–Crippen LogP) is 6.75. The van der Waals surface area contributed by atoms with Gasteiger partial charge in [0.05, 0.1) is 22.3 Å². The number of hydrogen-bond acceptors (Lipinski definition) is 4. The van der Waals surface area contributed by atoms with E-state index in [0.717, 1.165) is 10.4 Å². The summed E-state index contributed by atoms with van der Waals surface area (Å²) in [6.45, 7) is 1.39. The third-order valence-electron chi connectivity index (χ3n) is 4.02. The van der Waals surface area contributed by atoms with Crippen molar-refractivity contribution in [3.8, 4) is 6.07 Å². The highest BCUT2D eigenvalue weighted by Crippen LogP contribution is 2.41. The zero-order chi connectivity index (χ0) is 21.0. The lowest BCUT2D eigenvalue weighted by Crippen LogP contribution is -2.22. The maximum Gasteiger partial charge on any atom is 0.244 e. The van der Waals surface area contributed by atoms with E-state index in [2.05, 4.69) is 11.2 Å². The van der Waals surface area contributed by atoms with Gasteiger partial charge in [0, 0.05) is 27.4 Å². The van der Waals surface area contributed by atoms with Gasteiger partial charge >= 0.3 is 0 Å². The molecule has 0 spiro atoms. The van der Waals surface area contributed by atoms with Crippen molar-refractivity contribution in [3.63, 3.8) is 0 Å². The van der Waals surface area contributed by atoms with E-state index in [1.165, 1.54) is 23.3 Å². The van der Waals surface area contributed by atoms with Crippen LogP contribution in [0.4, 0.5) is 5.69 Å². The minimum absolute atomic E-state index is 0.268. The van der Waals surface area contributed by atoms with Gasteiger partial charge in [-0.1, -0.05) is 65.1 Å². The number of halogens is 3. The van der Waals surface area contributed by atoms with Crippen molar-refractivity contribution in [2.45, 2.75) is 12.8 Å². The number of benzene rings is 2. The van der Waals surface area contributed by atoms with Gasteiger partial charge in [0.1, 0.15) is 5.92 Å². The quantitative estimate of drug-likeness (QED) is 0.311. The van der Waals surface area contributed by atoms with Crippen LogP contribution >= 0.6 is 46.1 Å². The Labute approximate surface area is 187 Å². The Morgan fingerprint density at radius 2 is 1.79 bits per heavy atom. The molecule has 2 aromatic carbocycles. The van der Waals surface area contributed by atoms with Gasteiger partial charge in [-0.25, -0.2) is 5.01 Å².